The van der Waals surface area contributed by atoms with E-state index in [1.807, 2.05) is 7.05 Å². The quantitative estimate of drug-likeness (QED) is 0.749. The van der Waals surface area contributed by atoms with Crippen LogP contribution in [0.2, 0.25) is 0 Å². The molecule has 1 rings (SSSR count). The van der Waals surface area contributed by atoms with E-state index >= 15 is 0 Å². The molecule has 0 aliphatic carbocycles. The van der Waals surface area contributed by atoms with E-state index in [1.165, 1.54) is 12.3 Å². The number of nitrogens with zero attached hydrogens (tertiary/aromatic N) is 2. The highest BCUT2D eigenvalue weighted by Gasteiger charge is 2.05. The maximum atomic E-state index is 11.4. The molecule has 0 aliphatic heterocycles. The van der Waals surface area contributed by atoms with E-state index in [0.717, 1.165) is 12.8 Å². The summed E-state index contributed by atoms with van der Waals surface area (Å²) < 4.78 is 1.64. The summed E-state index contributed by atoms with van der Waals surface area (Å²) in [6.45, 7) is 2.83. The van der Waals surface area contributed by atoms with Gasteiger partial charge in [0.1, 0.15) is 0 Å². The topological polar surface area (TPSA) is 46.9 Å². The molecular formula is C10H17N3O. The van der Waals surface area contributed by atoms with E-state index in [0.29, 0.717) is 12.6 Å². The second-order valence-electron chi connectivity index (χ2n) is 3.35. The Morgan fingerprint density at radius 2 is 2.43 bits per heavy atom. The lowest BCUT2D eigenvalue weighted by Gasteiger charge is -2.15. The van der Waals surface area contributed by atoms with Gasteiger partial charge in [-0.1, -0.05) is 13.3 Å². The Morgan fingerprint density at radius 1 is 1.64 bits per heavy atom. The minimum Gasteiger partial charge on any atom is -0.315 e. The Bertz CT molecular complexity index is 321. The minimum absolute atomic E-state index is 0.0105. The fraction of sp³-hybridized carbons (Fsp3) is 0.600. The number of hydrogen-bond donors (Lipinski definition) is 1. The highest BCUT2D eigenvalue weighted by molar-refractivity contribution is 4.83. The summed E-state index contributed by atoms with van der Waals surface area (Å²) in [5.74, 6) is 0. The van der Waals surface area contributed by atoms with Gasteiger partial charge in [-0.05, 0) is 13.5 Å². The first-order valence-corrected chi connectivity index (χ1v) is 4.95. The Kier molecular flexibility index (Phi) is 4.32. The third kappa shape index (κ3) is 2.96. The monoisotopic (exact) mass is 195 g/mol. The number of rotatable bonds is 5. The molecule has 0 aliphatic rings. The number of nitrogens with one attached hydrogen (secondary N) is 1. The third-order valence-electron chi connectivity index (χ3n) is 2.25. The highest BCUT2D eigenvalue weighted by atomic mass is 16.1. The van der Waals surface area contributed by atoms with Crippen molar-refractivity contribution in [3.05, 3.63) is 28.9 Å². The lowest BCUT2D eigenvalue weighted by Crippen LogP contribution is -2.34. The largest absolute Gasteiger partial charge is 0.315 e. The number of hydrogen-bond acceptors (Lipinski definition) is 3. The van der Waals surface area contributed by atoms with Gasteiger partial charge < -0.3 is 5.32 Å². The Hall–Kier alpha value is -1.16. The lowest BCUT2D eigenvalue weighted by atomic mass is 10.1. The molecule has 4 heteroatoms. The van der Waals surface area contributed by atoms with Crippen LogP contribution in [0.4, 0.5) is 0 Å². The van der Waals surface area contributed by atoms with Gasteiger partial charge in [0.25, 0.3) is 5.56 Å². The first-order valence-electron chi connectivity index (χ1n) is 4.95. The second-order valence-corrected chi connectivity index (χ2v) is 3.35. The summed E-state index contributed by atoms with van der Waals surface area (Å²) in [7, 11) is 1.92. The molecular weight excluding hydrogens is 178 g/mol. The van der Waals surface area contributed by atoms with Crippen LogP contribution in [0, 0.1) is 0 Å². The van der Waals surface area contributed by atoms with Crippen LogP contribution in [0.1, 0.15) is 19.8 Å². The molecule has 0 radical (unpaired) electrons. The van der Waals surface area contributed by atoms with Gasteiger partial charge >= 0.3 is 0 Å². The first kappa shape index (κ1) is 10.9. The van der Waals surface area contributed by atoms with Crippen molar-refractivity contribution < 1.29 is 0 Å². The molecule has 0 saturated heterocycles. The minimum atomic E-state index is 0.0105. The van der Waals surface area contributed by atoms with Crippen LogP contribution in [0.3, 0.4) is 0 Å². The summed E-state index contributed by atoms with van der Waals surface area (Å²) >= 11 is 0. The standard InChI is InChI=1S/C10H17N3O/c1-3-4-9(11-2)7-13-8-12-6-5-10(13)14/h5-6,8-9,11H,3-4,7H2,1-2H3. The van der Waals surface area contributed by atoms with Crippen LogP contribution < -0.4 is 10.9 Å². The van der Waals surface area contributed by atoms with E-state index in [4.69, 9.17) is 0 Å². The molecule has 0 saturated carbocycles. The fourth-order valence-electron chi connectivity index (χ4n) is 1.43. The van der Waals surface area contributed by atoms with Crippen LogP contribution in [0.25, 0.3) is 0 Å². The molecule has 1 heterocycles. The molecule has 78 valence electrons. The summed E-state index contributed by atoms with van der Waals surface area (Å²) in [6.07, 6.45) is 5.29. The second kappa shape index (κ2) is 5.54. The van der Waals surface area contributed by atoms with Crippen LogP contribution in [-0.2, 0) is 6.54 Å². The van der Waals surface area contributed by atoms with Crippen molar-refractivity contribution in [2.45, 2.75) is 32.4 Å². The summed E-state index contributed by atoms with van der Waals surface area (Å²) in [6, 6.07) is 1.83. The molecule has 1 N–H and O–H groups in total. The fourth-order valence-corrected chi connectivity index (χ4v) is 1.43. The van der Waals surface area contributed by atoms with E-state index in [1.54, 1.807) is 10.9 Å². The smallest absolute Gasteiger partial charge is 0.253 e. The van der Waals surface area contributed by atoms with Crippen LogP contribution in [0.15, 0.2) is 23.4 Å². The van der Waals surface area contributed by atoms with Crippen molar-refractivity contribution in [1.29, 1.82) is 0 Å². The van der Waals surface area contributed by atoms with Crippen molar-refractivity contribution >= 4 is 0 Å². The maximum absolute atomic E-state index is 11.4. The van der Waals surface area contributed by atoms with Gasteiger partial charge in [-0.2, -0.15) is 0 Å². The molecule has 0 fully saturated rings. The summed E-state index contributed by atoms with van der Waals surface area (Å²) in [4.78, 5) is 15.3. The average molecular weight is 195 g/mol. The van der Waals surface area contributed by atoms with E-state index in [-0.39, 0.29) is 5.56 Å². The van der Waals surface area contributed by atoms with Gasteiger partial charge in [0.15, 0.2) is 0 Å². The Morgan fingerprint density at radius 3 is 3.00 bits per heavy atom. The number of aromatic nitrogens is 2. The van der Waals surface area contributed by atoms with Crippen molar-refractivity contribution in [2.75, 3.05) is 7.05 Å². The molecule has 4 nitrogen and oxygen atoms in total. The van der Waals surface area contributed by atoms with E-state index in [9.17, 15) is 4.79 Å². The van der Waals surface area contributed by atoms with Gasteiger partial charge in [0, 0.05) is 24.8 Å². The van der Waals surface area contributed by atoms with Crippen molar-refractivity contribution in [2.24, 2.45) is 0 Å². The molecule has 0 aromatic carbocycles. The van der Waals surface area contributed by atoms with Crippen molar-refractivity contribution in [1.82, 2.24) is 14.9 Å². The molecule has 1 aromatic rings. The first-order chi connectivity index (χ1) is 6.77. The van der Waals surface area contributed by atoms with Crippen molar-refractivity contribution in [3.8, 4) is 0 Å². The van der Waals surface area contributed by atoms with Crippen molar-refractivity contribution in [3.63, 3.8) is 0 Å². The van der Waals surface area contributed by atoms with Crippen LogP contribution in [0.5, 0.6) is 0 Å². The predicted octanol–water partition coefficient (Wildman–Crippen LogP) is 0.631. The normalized spacial score (nSPS) is 12.7. The Labute approximate surface area is 84.0 Å². The summed E-state index contributed by atoms with van der Waals surface area (Å²) in [5.41, 5.74) is 0.0105. The van der Waals surface area contributed by atoms with Gasteiger partial charge in [-0.15, -0.1) is 0 Å². The molecule has 14 heavy (non-hydrogen) atoms. The zero-order valence-corrected chi connectivity index (χ0v) is 8.73. The lowest BCUT2D eigenvalue weighted by molar-refractivity contribution is 0.439. The molecule has 0 amide bonds. The highest BCUT2D eigenvalue weighted by Crippen LogP contribution is 1.97. The zero-order chi connectivity index (χ0) is 10.4. The van der Waals surface area contributed by atoms with Gasteiger partial charge in [0.05, 0.1) is 6.33 Å². The predicted molar refractivity (Wildman–Crippen MR) is 56.3 cm³/mol. The van der Waals surface area contributed by atoms with Gasteiger partial charge in [-0.25, -0.2) is 4.98 Å². The Balaban J connectivity index is 2.67. The van der Waals surface area contributed by atoms with E-state index in [2.05, 4.69) is 17.2 Å². The zero-order valence-electron chi connectivity index (χ0n) is 8.73. The van der Waals surface area contributed by atoms with Gasteiger partial charge in [0.2, 0.25) is 0 Å². The molecule has 1 unspecified atom stereocenters. The molecule has 0 bridgehead atoms. The summed E-state index contributed by atoms with van der Waals surface area (Å²) in [5, 5.41) is 3.19. The molecule has 1 atom stereocenters. The molecule has 0 spiro atoms. The number of likely N-dealkylation sites (N-methyl/N-ethyl adjacent to an activating group) is 1. The van der Waals surface area contributed by atoms with Crippen LogP contribution in [-0.4, -0.2) is 22.6 Å². The molecule has 1 aromatic heterocycles. The third-order valence-corrected chi connectivity index (χ3v) is 2.25. The SMILES string of the molecule is CCCC(Cn1cnccc1=O)NC. The van der Waals surface area contributed by atoms with E-state index < -0.39 is 0 Å². The van der Waals surface area contributed by atoms with Gasteiger partial charge in [-0.3, -0.25) is 9.36 Å². The van der Waals surface area contributed by atoms with Crippen LogP contribution >= 0.6 is 0 Å². The maximum Gasteiger partial charge on any atom is 0.253 e. The average Bonchev–Trinajstić information content (AvgIpc) is 2.20.